The van der Waals surface area contributed by atoms with E-state index >= 15 is 0 Å². The zero-order valence-corrected chi connectivity index (χ0v) is 13.7. The molecule has 3 atom stereocenters. The van der Waals surface area contributed by atoms with Crippen LogP contribution in [0.25, 0.3) is 21.7 Å². The highest BCUT2D eigenvalue weighted by molar-refractivity contribution is 7.13. The Bertz CT molecular complexity index is 758. The van der Waals surface area contributed by atoms with Crippen LogP contribution in [0.4, 0.5) is 0 Å². The van der Waals surface area contributed by atoms with E-state index in [0.29, 0.717) is 6.04 Å². The molecule has 1 aliphatic carbocycles. The minimum atomic E-state index is 0.645. The van der Waals surface area contributed by atoms with Crippen LogP contribution in [0.2, 0.25) is 0 Å². The zero-order chi connectivity index (χ0) is 15.1. The van der Waals surface area contributed by atoms with E-state index in [0.717, 1.165) is 45.8 Å². The molecule has 0 bridgehead atoms. The minimum Gasteiger partial charge on any atom is -0.454 e. The summed E-state index contributed by atoms with van der Waals surface area (Å²) in [5, 5.41) is 7.84. The number of rotatable bonds is 4. The Labute approximate surface area is 134 Å². The molecule has 3 aromatic rings. The van der Waals surface area contributed by atoms with Crippen LogP contribution in [0.1, 0.15) is 26.0 Å². The number of hydrogen-bond donors (Lipinski definition) is 1. The number of hydrogen-bond acceptors (Lipinski definition) is 4. The summed E-state index contributed by atoms with van der Waals surface area (Å²) in [5.41, 5.74) is 2.02. The van der Waals surface area contributed by atoms with Gasteiger partial charge in [-0.2, -0.15) is 0 Å². The molecule has 0 amide bonds. The van der Waals surface area contributed by atoms with E-state index in [-0.39, 0.29) is 0 Å². The van der Waals surface area contributed by atoms with Crippen LogP contribution < -0.4 is 5.32 Å². The van der Waals surface area contributed by atoms with Crippen LogP contribution in [0.3, 0.4) is 0 Å². The van der Waals surface area contributed by atoms with E-state index in [4.69, 9.17) is 9.40 Å². The lowest BCUT2D eigenvalue weighted by atomic mass is 9.71. The number of nitrogens with one attached hydrogen (secondary N) is 1. The SMILES string of the molecule is CC1CC(NCc2csc(-c3cc4ccccc4o3)n2)C1C. The second kappa shape index (κ2) is 5.52. The summed E-state index contributed by atoms with van der Waals surface area (Å²) in [6.45, 7) is 5.50. The summed E-state index contributed by atoms with van der Waals surface area (Å²) in [7, 11) is 0. The highest BCUT2D eigenvalue weighted by Gasteiger charge is 2.33. The van der Waals surface area contributed by atoms with Crippen molar-refractivity contribution in [3.63, 3.8) is 0 Å². The summed E-state index contributed by atoms with van der Waals surface area (Å²) in [4.78, 5) is 4.71. The van der Waals surface area contributed by atoms with Gasteiger partial charge in [0, 0.05) is 23.4 Å². The van der Waals surface area contributed by atoms with E-state index in [1.54, 1.807) is 11.3 Å². The minimum absolute atomic E-state index is 0.645. The first-order valence-electron chi connectivity index (χ1n) is 7.87. The Morgan fingerprint density at radius 3 is 2.95 bits per heavy atom. The third kappa shape index (κ3) is 2.46. The van der Waals surface area contributed by atoms with Crippen molar-refractivity contribution < 1.29 is 4.42 Å². The van der Waals surface area contributed by atoms with Crippen molar-refractivity contribution in [2.45, 2.75) is 32.9 Å². The van der Waals surface area contributed by atoms with Gasteiger partial charge in [0.15, 0.2) is 10.8 Å². The van der Waals surface area contributed by atoms with Crippen molar-refractivity contribution in [2.24, 2.45) is 11.8 Å². The molecule has 0 aliphatic heterocycles. The average Bonchev–Trinajstić information content (AvgIpc) is 3.16. The van der Waals surface area contributed by atoms with Crippen LogP contribution in [0.15, 0.2) is 40.1 Å². The molecule has 3 nitrogen and oxygen atoms in total. The second-order valence-electron chi connectivity index (χ2n) is 6.35. The maximum absolute atomic E-state index is 5.88. The van der Waals surface area contributed by atoms with Crippen molar-refractivity contribution in [3.05, 3.63) is 41.4 Å². The normalized spacial score (nSPS) is 24.5. The van der Waals surface area contributed by atoms with E-state index < -0.39 is 0 Å². The van der Waals surface area contributed by atoms with Gasteiger partial charge in [0.1, 0.15) is 5.58 Å². The summed E-state index contributed by atoms with van der Waals surface area (Å²) < 4.78 is 5.88. The van der Waals surface area contributed by atoms with Crippen molar-refractivity contribution in [1.82, 2.24) is 10.3 Å². The van der Waals surface area contributed by atoms with Gasteiger partial charge in [-0.15, -0.1) is 11.3 Å². The van der Waals surface area contributed by atoms with Gasteiger partial charge in [-0.25, -0.2) is 4.98 Å². The van der Waals surface area contributed by atoms with Gasteiger partial charge in [0.25, 0.3) is 0 Å². The molecule has 2 aromatic heterocycles. The van der Waals surface area contributed by atoms with Gasteiger partial charge in [0.2, 0.25) is 0 Å². The Kier molecular flexibility index (Phi) is 3.51. The molecule has 2 heterocycles. The zero-order valence-electron chi connectivity index (χ0n) is 12.9. The Balaban J connectivity index is 1.47. The number of thiazole rings is 1. The second-order valence-corrected chi connectivity index (χ2v) is 7.21. The van der Waals surface area contributed by atoms with Gasteiger partial charge in [-0.05, 0) is 30.4 Å². The van der Waals surface area contributed by atoms with Crippen molar-refractivity contribution >= 4 is 22.3 Å². The lowest BCUT2D eigenvalue weighted by Gasteiger charge is -2.41. The molecule has 22 heavy (non-hydrogen) atoms. The molecule has 1 aromatic carbocycles. The number of fused-ring (bicyclic) bond motifs is 1. The van der Waals surface area contributed by atoms with E-state index in [1.807, 2.05) is 18.2 Å². The molecule has 0 spiro atoms. The molecule has 1 aliphatic rings. The molecule has 4 heteroatoms. The first kappa shape index (κ1) is 14.0. The van der Waals surface area contributed by atoms with Gasteiger partial charge in [0.05, 0.1) is 5.69 Å². The highest BCUT2D eigenvalue weighted by atomic mass is 32.1. The van der Waals surface area contributed by atoms with Crippen LogP contribution in [0.5, 0.6) is 0 Å². The topological polar surface area (TPSA) is 38.1 Å². The predicted molar refractivity (Wildman–Crippen MR) is 90.9 cm³/mol. The van der Waals surface area contributed by atoms with Gasteiger partial charge < -0.3 is 9.73 Å². The fraction of sp³-hybridized carbons (Fsp3) is 0.389. The standard InChI is InChI=1S/C18H20N2OS/c1-11-7-15(12(11)2)19-9-14-10-22-18(20-14)17-8-13-5-3-4-6-16(13)21-17/h3-6,8,10-12,15,19H,7,9H2,1-2H3. The molecule has 1 saturated carbocycles. The van der Waals surface area contributed by atoms with Crippen LogP contribution in [-0.4, -0.2) is 11.0 Å². The molecule has 4 rings (SSSR count). The van der Waals surface area contributed by atoms with Crippen LogP contribution in [0, 0.1) is 11.8 Å². The summed E-state index contributed by atoms with van der Waals surface area (Å²) in [6.07, 6.45) is 1.28. The average molecular weight is 312 g/mol. The number of para-hydroxylation sites is 1. The molecule has 0 saturated heterocycles. The molecular formula is C18H20N2OS. The summed E-state index contributed by atoms with van der Waals surface area (Å²) in [6, 6.07) is 10.8. The maximum atomic E-state index is 5.88. The number of furan rings is 1. The number of aromatic nitrogens is 1. The van der Waals surface area contributed by atoms with Crippen molar-refractivity contribution in [2.75, 3.05) is 0 Å². The largest absolute Gasteiger partial charge is 0.454 e. The molecule has 0 radical (unpaired) electrons. The fourth-order valence-electron chi connectivity index (χ4n) is 3.12. The quantitative estimate of drug-likeness (QED) is 0.759. The molecule has 3 unspecified atom stereocenters. The Morgan fingerprint density at radius 1 is 1.32 bits per heavy atom. The molecular weight excluding hydrogens is 292 g/mol. The van der Waals surface area contributed by atoms with Gasteiger partial charge >= 0.3 is 0 Å². The molecule has 114 valence electrons. The van der Waals surface area contributed by atoms with E-state index in [9.17, 15) is 0 Å². The lowest BCUT2D eigenvalue weighted by Crippen LogP contribution is -2.47. The van der Waals surface area contributed by atoms with E-state index in [1.165, 1.54) is 6.42 Å². The summed E-state index contributed by atoms with van der Waals surface area (Å²) in [5.74, 6) is 2.48. The predicted octanol–water partition coefficient (Wildman–Crippen LogP) is 4.69. The third-order valence-electron chi connectivity index (χ3n) is 4.89. The first-order valence-corrected chi connectivity index (χ1v) is 8.75. The van der Waals surface area contributed by atoms with Crippen LogP contribution in [-0.2, 0) is 6.54 Å². The smallest absolute Gasteiger partial charge is 0.164 e. The van der Waals surface area contributed by atoms with E-state index in [2.05, 4.69) is 36.7 Å². The van der Waals surface area contributed by atoms with Crippen LogP contribution >= 0.6 is 11.3 Å². The Morgan fingerprint density at radius 2 is 2.18 bits per heavy atom. The highest BCUT2D eigenvalue weighted by Crippen LogP contribution is 2.34. The number of benzene rings is 1. The van der Waals surface area contributed by atoms with Crippen molar-refractivity contribution in [3.8, 4) is 10.8 Å². The summed E-state index contributed by atoms with van der Waals surface area (Å²) >= 11 is 1.65. The van der Waals surface area contributed by atoms with Crippen molar-refractivity contribution in [1.29, 1.82) is 0 Å². The number of nitrogens with zero attached hydrogens (tertiary/aromatic N) is 1. The monoisotopic (exact) mass is 312 g/mol. The van der Waals surface area contributed by atoms with Gasteiger partial charge in [-0.3, -0.25) is 0 Å². The molecule has 1 fully saturated rings. The molecule has 1 N–H and O–H groups in total. The maximum Gasteiger partial charge on any atom is 0.164 e. The lowest BCUT2D eigenvalue weighted by molar-refractivity contribution is 0.136. The third-order valence-corrected chi connectivity index (χ3v) is 5.80. The van der Waals surface area contributed by atoms with Gasteiger partial charge in [-0.1, -0.05) is 32.0 Å². The fourth-order valence-corrected chi connectivity index (χ4v) is 3.89. The first-order chi connectivity index (χ1) is 10.7. The Hall–Kier alpha value is -1.65.